The molecular weight excluding hydrogens is 338 g/mol. The summed E-state index contributed by atoms with van der Waals surface area (Å²) in [4.78, 5) is 0. The standard InChI is InChI=1S/C14H24BrN3OS/c1-4-5-16-11(13-9-20-7-6-19-13)8-12-14(15)10(2)17-18(12)3/h11,13,16H,4-9H2,1-3H3. The van der Waals surface area contributed by atoms with E-state index in [2.05, 4.69) is 33.3 Å². The van der Waals surface area contributed by atoms with E-state index in [1.54, 1.807) is 0 Å². The molecular formula is C14H24BrN3OS. The molecule has 6 heteroatoms. The molecule has 0 aliphatic carbocycles. The molecule has 0 saturated carbocycles. The minimum absolute atomic E-state index is 0.294. The Bertz CT molecular complexity index is 432. The average molecular weight is 362 g/mol. The van der Waals surface area contributed by atoms with Crippen LogP contribution in [0.15, 0.2) is 4.47 Å². The Morgan fingerprint density at radius 1 is 1.60 bits per heavy atom. The van der Waals surface area contributed by atoms with Crippen molar-refractivity contribution in [3.8, 4) is 0 Å². The van der Waals surface area contributed by atoms with Crippen LogP contribution in [0.2, 0.25) is 0 Å². The van der Waals surface area contributed by atoms with Crippen molar-refractivity contribution in [2.75, 3.05) is 24.7 Å². The molecule has 0 radical (unpaired) electrons. The van der Waals surface area contributed by atoms with Crippen LogP contribution in [0.1, 0.15) is 24.7 Å². The number of nitrogens with one attached hydrogen (secondary N) is 1. The number of hydrogen-bond acceptors (Lipinski definition) is 4. The van der Waals surface area contributed by atoms with Gasteiger partial charge in [-0.2, -0.15) is 16.9 Å². The van der Waals surface area contributed by atoms with Gasteiger partial charge in [0.25, 0.3) is 0 Å². The maximum absolute atomic E-state index is 5.97. The lowest BCUT2D eigenvalue weighted by molar-refractivity contribution is 0.0467. The summed E-state index contributed by atoms with van der Waals surface area (Å²) in [5.74, 6) is 2.20. The first kappa shape index (κ1) is 16.3. The summed E-state index contributed by atoms with van der Waals surface area (Å²) in [5, 5.41) is 8.14. The molecule has 2 unspecified atom stereocenters. The van der Waals surface area contributed by atoms with Crippen molar-refractivity contribution in [3.63, 3.8) is 0 Å². The molecule has 4 nitrogen and oxygen atoms in total. The summed E-state index contributed by atoms with van der Waals surface area (Å²) in [7, 11) is 2.01. The fraction of sp³-hybridized carbons (Fsp3) is 0.786. The first-order valence-corrected chi connectivity index (χ1v) is 9.19. The highest BCUT2D eigenvalue weighted by Gasteiger charge is 2.26. The summed E-state index contributed by atoms with van der Waals surface area (Å²) in [6.07, 6.45) is 2.38. The van der Waals surface area contributed by atoms with Gasteiger partial charge in [-0.25, -0.2) is 0 Å². The predicted molar refractivity (Wildman–Crippen MR) is 88.5 cm³/mol. The molecule has 0 spiro atoms. The lowest BCUT2D eigenvalue weighted by Gasteiger charge is -2.31. The number of aryl methyl sites for hydroxylation is 2. The maximum atomic E-state index is 5.97. The van der Waals surface area contributed by atoms with E-state index in [9.17, 15) is 0 Å². The molecule has 2 atom stereocenters. The lowest BCUT2D eigenvalue weighted by atomic mass is 10.1. The third-order valence-corrected chi connectivity index (χ3v) is 5.67. The van der Waals surface area contributed by atoms with Crippen LogP contribution < -0.4 is 5.32 Å². The Hall–Kier alpha value is -0.0400. The van der Waals surface area contributed by atoms with Crippen molar-refractivity contribution in [1.29, 1.82) is 0 Å². The summed E-state index contributed by atoms with van der Waals surface area (Å²) in [6.45, 7) is 6.13. The molecule has 2 rings (SSSR count). The van der Waals surface area contributed by atoms with Gasteiger partial charge in [-0.15, -0.1) is 0 Å². The molecule has 0 bridgehead atoms. The molecule has 1 aromatic rings. The third kappa shape index (κ3) is 4.00. The molecule has 2 heterocycles. The van der Waals surface area contributed by atoms with E-state index in [4.69, 9.17) is 4.74 Å². The number of ether oxygens (including phenoxy) is 1. The molecule has 1 aliphatic rings. The fourth-order valence-electron chi connectivity index (χ4n) is 2.51. The van der Waals surface area contributed by atoms with E-state index >= 15 is 0 Å². The van der Waals surface area contributed by atoms with Crippen LogP contribution in [0.4, 0.5) is 0 Å². The molecule has 20 heavy (non-hydrogen) atoms. The van der Waals surface area contributed by atoms with Crippen LogP contribution in [0.3, 0.4) is 0 Å². The van der Waals surface area contributed by atoms with E-state index in [1.165, 1.54) is 5.69 Å². The second kappa shape index (κ2) is 7.82. The minimum atomic E-state index is 0.294. The third-order valence-electron chi connectivity index (χ3n) is 3.62. The minimum Gasteiger partial charge on any atom is -0.375 e. The van der Waals surface area contributed by atoms with Gasteiger partial charge in [-0.3, -0.25) is 4.68 Å². The Morgan fingerprint density at radius 3 is 2.95 bits per heavy atom. The van der Waals surface area contributed by atoms with Crippen molar-refractivity contribution < 1.29 is 4.74 Å². The average Bonchev–Trinajstić information content (AvgIpc) is 2.70. The van der Waals surface area contributed by atoms with Crippen molar-refractivity contribution in [1.82, 2.24) is 15.1 Å². The molecule has 1 aromatic heterocycles. The first-order valence-electron chi connectivity index (χ1n) is 7.24. The van der Waals surface area contributed by atoms with Crippen LogP contribution in [0, 0.1) is 6.92 Å². The Kier molecular flexibility index (Phi) is 6.39. The molecule has 114 valence electrons. The number of hydrogen-bond donors (Lipinski definition) is 1. The second-order valence-corrected chi connectivity index (χ2v) is 7.16. The zero-order valence-corrected chi connectivity index (χ0v) is 14.9. The molecule has 0 amide bonds. The smallest absolute Gasteiger partial charge is 0.0822 e. The Morgan fingerprint density at radius 2 is 2.40 bits per heavy atom. The van der Waals surface area contributed by atoms with Crippen LogP contribution in [-0.4, -0.2) is 46.6 Å². The van der Waals surface area contributed by atoms with E-state index in [0.717, 1.165) is 47.7 Å². The summed E-state index contributed by atoms with van der Waals surface area (Å²) in [5.41, 5.74) is 2.30. The van der Waals surface area contributed by atoms with Crippen LogP contribution >= 0.6 is 27.7 Å². The van der Waals surface area contributed by atoms with Gasteiger partial charge in [-0.05, 0) is 35.8 Å². The van der Waals surface area contributed by atoms with Crippen LogP contribution in [0.25, 0.3) is 0 Å². The topological polar surface area (TPSA) is 39.1 Å². The van der Waals surface area contributed by atoms with E-state index in [1.807, 2.05) is 30.4 Å². The van der Waals surface area contributed by atoms with Gasteiger partial charge >= 0.3 is 0 Å². The van der Waals surface area contributed by atoms with Crippen molar-refractivity contribution in [2.24, 2.45) is 7.05 Å². The van der Waals surface area contributed by atoms with Gasteiger partial charge in [0.15, 0.2) is 0 Å². The highest BCUT2D eigenvalue weighted by Crippen LogP contribution is 2.24. The zero-order valence-electron chi connectivity index (χ0n) is 12.5. The second-order valence-electron chi connectivity index (χ2n) is 5.22. The lowest BCUT2D eigenvalue weighted by Crippen LogP contribution is -2.46. The van der Waals surface area contributed by atoms with Gasteiger partial charge in [0.1, 0.15) is 0 Å². The van der Waals surface area contributed by atoms with Gasteiger partial charge in [0.05, 0.1) is 28.6 Å². The van der Waals surface area contributed by atoms with Gasteiger partial charge < -0.3 is 10.1 Å². The highest BCUT2D eigenvalue weighted by atomic mass is 79.9. The molecule has 1 N–H and O–H groups in total. The number of nitrogens with zero attached hydrogens (tertiary/aromatic N) is 2. The van der Waals surface area contributed by atoms with E-state index in [-0.39, 0.29) is 0 Å². The summed E-state index contributed by atoms with van der Waals surface area (Å²) in [6, 6.07) is 0.355. The van der Waals surface area contributed by atoms with E-state index < -0.39 is 0 Å². The number of rotatable bonds is 6. The quantitative estimate of drug-likeness (QED) is 0.844. The van der Waals surface area contributed by atoms with Crippen LogP contribution in [0.5, 0.6) is 0 Å². The fourth-order valence-corrected chi connectivity index (χ4v) is 3.95. The normalized spacial score (nSPS) is 21.1. The predicted octanol–water partition coefficient (Wildman–Crippen LogP) is 2.53. The zero-order chi connectivity index (χ0) is 14.5. The van der Waals surface area contributed by atoms with Gasteiger partial charge in [-0.1, -0.05) is 6.92 Å². The van der Waals surface area contributed by atoms with Crippen molar-refractivity contribution in [2.45, 2.75) is 38.8 Å². The van der Waals surface area contributed by atoms with E-state index in [0.29, 0.717) is 12.1 Å². The highest BCUT2D eigenvalue weighted by molar-refractivity contribution is 9.10. The van der Waals surface area contributed by atoms with Gasteiger partial charge in [0.2, 0.25) is 0 Å². The van der Waals surface area contributed by atoms with Crippen LogP contribution in [-0.2, 0) is 18.2 Å². The Labute approximate surface area is 134 Å². The molecule has 1 fully saturated rings. The Balaban J connectivity index is 2.09. The first-order chi connectivity index (χ1) is 9.63. The number of thioether (sulfide) groups is 1. The summed E-state index contributed by atoms with van der Waals surface area (Å²) < 4.78 is 9.08. The van der Waals surface area contributed by atoms with Crippen molar-refractivity contribution in [3.05, 3.63) is 15.9 Å². The van der Waals surface area contributed by atoms with Crippen molar-refractivity contribution >= 4 is 27.7 Å². The molecule has 1 aliphatic heterocycles. The SMILES string of the molecule is CCCNC(Cc1c(Br)c(C)nn1C)C1CSCCO1. The largest absolute Gasteiger partial charge is 0.375 e. The number of aromatic nitrogens is 2. The molecule has 1 saturated heterocycles. The maximum Gasteiger partial charge on any atom is 0.0822 e. The summed E-state index contributed by atoms with van der Waals surface area (Å²) >= 11 is 5.65. The molecule has 0 aromatic carbocycles. The van der Waals surface area contributed by atoms with Gasteiger partial charge in [0, 0.05) is 31.0 Å². The monoisotopic (exact) mass is 361 g/mol. The number of halogens is 1.